The van der Waals surface area contributed by atoms with Gasteiger partial charge in [-0.05, 0) is 43.9 Å². The van der Waals surface area contributed by atoms with Crippen molar-refractivity contribution in [2.45, 2.75) is 52.0 Å². The van der Waals surface area contributed by atoms with E-state index in [2.05, 4.69) is 28.4 Å². The maximum absolute atomic E-state index is 12.5. The smallest absolute Gasteiger partial charge is 0.244 e. The van der Waals surface area contributed by atoms with E-state index in [1.165, 1.54) is 5.56 Å². The number of nitrogens with one attached hydrogen (secondary N) is 1. The summed E-state index contributed by atoms with van der Waals surface area (Å²) < 4.78 is 5.11. The molecule has 1 aliphatic carbocycles. The van der Waals surface area contributed by atoms with E-state index in [0.717, 1.165) is 36.8 Å². The second-order valence-electron chi connectivity index (χ2n) is 6.61. The monoisotopic (exact) mass is 325 g/mol. The first-order valence-electron chi connectivity index (χ1n) is 8.37. The lowest BCUT2D eigenvalue weighted by Crippen LogP contribution is -2.44. The normalized spacial score (nSPS) is 16.6. The Morgan fingerprint density at radius 2 is 2.00 bits per heavy atom. The Labute approximate surface area is 142 Å². The zero-order valence-electron chi connectivity index (χ0n) is 14.4. The van der Waals surface area contributed by atoms with Gasteiger partial charge in [0.1, 0.15) is 5.54 Å². The van der Waals surface area contributed by atoms with E-state index in [4.69, 9.17) is 4.52 Å². The van der Waals surface area contributed by atoms with Crippen molar-refractivity contribution in [2.75, 3.05) is 0 Å². The molecule has 126 valence electrons. The third kappa shape index (κ3) is 3.40. The minimum Gasteiger partial charge on any atom is -0.340 e. The zero-order chi connectivity index (χ0) is 17.2. The molecular weight excluding hydrogens is 302 g/mol. The van der Waals surface area contributed by atoms with Crippen LogP contribution in [0.4, 0.5) is 0 Å². The van der Waals surface area contributed by atoms with Crippen LogP contribution in [0.15, 0.2) is 28.8 Å². The molecule has 1 amide bonds. The van der Waals surface area contributed by atoms with Gasteiger partial charge in [0.2, 0.25) is 11.8 Å². The van der Waals surface area contributed by atoms with Crippen molar-refractivity contribution in [1.82, 2.24) is 15.5 Å². The van der Waals surface area contributed by atoms with Crippen molar-refractivity contribution in [3.8, 4) is 0 Å². The molecule has 1 heterocycles. The number of nitrogens with zero attached hydrogens (tertiary/aromatic N) is 2. The summed E-state index contributed by atoms with van der Waals surface area (Å²) in [6.07, 6.45) is 7.23. The average molecular weight is 325 g/mol. The molecule has 1 saturated carbocycles. The molecule has 1 aliphatic rings. The summed E-state index contributed by atoms with van der Waals surface area (Å²) in [5, 5.41) is 7.15. The van der Waals surface area contributed by atoms with E-state index in [0.29, 0.717) is 11.7 Å². The van der Waals surface area contributed by atoms with Crippen LogP contribution < -0.4 is 5.32 Å². The third-order valence-corrected chi connectivity index (χ3v) is 4.61. The lowest BCUT2D eigenvalue weighted by molar-refractivity contribution is -0.118. The van der Waals surface area contributed by atoms with Crippen molar-refractivity contribution >= 4 is 12.0 Å². The van der Waals surface area contributed by atoms with Crippen LogP contribution in [0, 0.1) is 20.8 Å². The van der Waals surface area contributed by atoms with Gasteiger partial charge in [-0.2, -0.15) is 4.98 Å². The molecule has 0 aliphatic heterocycles. The summed E-state index contributed by atoms with van der Waals surface area (Å²) in [5.41, 5.74) is 2.92. The average Bonchev–Trinajstić information content (AvgIpc) is 3.16. The van der Waals surface area contributed by atoms with Gasteiger partial charge in [0, 0.05) is 13.0 Å². The first-order valence-corrected chi connectivity index (χ1v) is 8.37. The van der Waals surface area contributed by atoms with Crippen molar-refractivity contribution in [3.63, 3.8) is 0 Å². The van der Waals surface area contributed by atoms with Crippen LogP contribution in [0.1, 0.15) is 54.1 Å². The van der Waals surface area contributed by atoms with E-state index in [1.54, 1.807) is 13.0 Å². The Hall–Kier alpha value is -2.43. The molecule has 0 spiro atoms. The third-order valence-electron chi connectivity index (χ3n) is 4.61. The molecule has 0 radical (unpaired) electrons. The molecule has 24 heavy (non-hydrogen) atoms. The fourth-order valence-corrected chi connectivity index (χ4v) is 3.33. The number of carbonyl (C=O) groups is 1. The van der Waals surface area contributed by atoms with Gasteiger partial charge < -0.3 is 9.84 Å². The number of hydrogen-bond donors (Lipinski definition) is 1. The largest absolute Gasteiger partial charge is 0.340 e. The topological polar surface area (TPSA) is 68.0 Å². The first-order chi connectivity index (χ1) is 11.5. The molecular formula is C19H23N3O2. The van der Waals surface area contributed by atoms with Gasteiger partial charge in [0.05, 0.1) is 0 Å². The summed E-state index contributed by atoms with van der Waals surface area (Å²) in [5.74, 6) is 0.987. The molecule has 0 bridgehead atoms. The molecule has 1 fully saturated rings. The second kappa shape index (κ2) is 6.59. The fraction of sp³-hybridized carbons (Fsp3) is 0.421. The number of benzene rings is 1. The van der Waals surface area contributed by atoms with Crippen LogP contribution >= 0.6 is 0 Å². The van der Waals surface area contributed by atoms with E-state index in [-0.39, 0.29) is 5.91 Å². The molecule has 1 aromatic heterocycles. The summed E-state index contributed by atoms with van der Waals surface area (Å²) >= 11 is 0. The molecule has 0 saturated heterocycles. The number of aromatic nitrogens is 2. The van der Waals surface area contributed by atoms with Crippen molar-refractivity contribution in [1.29, 1.82) is 0 Å². The quantitative estimate of drug-likeness (QED) is 0.872. The van der Waals surface area contributed by atoms with Gasteiger partial charge in [0.15, 0.2) is 5.82 Å². The van der Waals surface area contributed by atoms with Gasteiger partial charge in [0.25, 0.3) is 0 Å². The molecule has 1 N–H and O–H groups in total. The van der Waals surface area contributed by atoms with Crippen molar-refractivity contribution in [2.24, 2.45) is 0 Å². The van der Waals surface area contributed by atoms with E-state index >= 15 is 0 Å². The summed E-state index contributed by atoms with van der Waals surface area (Å²) in [7, 11) is 0. The maximum atomic E-state index is 12.5. The van der Waals surface area contributed by atoms with Crippen LogP contribution in [0.3, 0.4) is 0 Å². The van der Waals surface area contributed by atoms with Crippen LogP contribution in [-0.4, -0.2) is 16.0 Å². The van der Waals surface area contributed by atoms with Gasteiger partial charge in [-0.15, -0.1) is 0 Å². The van der Waals surface area contributed by atoms with Gasteiger partial charge in [-0.25, -0.2) is 0 Å². The molecule has 3 rings (SSSR count). The lowest BCUT2D eigenvalue weighted by Gasteiger charge is -2.26. The Morgan fingerprint density at radius 3 is 2.62 bits per heavy atom. The first kappa shape index (κ1) is 16.4. The van der Waals surface area contributed by atoms with Crippen molar-refractivity contribution < 1.29 is 9.32 Å². The Morgan fingerprint density at radius 1 is 1.25 bits per heavy atom. The number of rotatable bonds is 4. The van der Waals surface area contributed by atoms with Crippen LogP contribution in [0.25, 0.3) is 6.08 Å². The molecule has 2 aromatic rings. The van der Waals surface area contributed by atoms with E-state index in [9.17, 15) is 4.79 Å². The highest BCUT2D eigenvalue weighted by molar-refractivity contribution is 5.92. The van der Waals surface area contributed by atoms with Crippen LogP contribution in [-0.2, 0) is 10.3 Å². The standard InChI is InChI=1S/C19H23N3O2/c1-13-6-7-16(14(2)12-13)8-9-17(23)21-19(10-4-5-11-19)18-20-15(3)24-22-18/h6-9,12H,4-5,10-11H2,1-3H3,(H,21,23)/b9-8+. The number of carbonyl (C=O) groups excluding carboxylic acids is 1. The second-order valence-corrected chi connectivity index (χ2v) is 6.61. The highest BCUT2D eigenvalue weighted by atomic mass is 16.5. The molecule has 0 unspecified atom stereocenters. The number of aryl methyl sites for hydroxylation is 3. The zero-order valence-corrected chi connectivity index (χ0v) is 14.4. The highest BCUT2D eigenvalue weighted by Crippen LogP contribution is 2.37. The Balaban J connectivity index is 1.76. The predicted octanol–water partition coefficient (Wildman–Crippen LogP) is 3.59. The molecule has 0 atom stereocenters. The van der Waals surface area contributed by atoms with Gasteiger partial charge in [-0.1, -0.05) is 41.8 Å². The fourth-order valence-electron chi connectivity index (χ4n) is 3.33. The Kier molecular flexibility index (Phi) is 4.51. The minimum atomic E-state index is -0.499. The van der Waals surface area contributed by atoms with Crippen LogP contribution in [0.2, 0.25) is 0 Å². The minimum absolute atomic E-state index is 0.126. The van der Waals surface area contributed by atoms with E-state index in [1.807, 2.05) is 25.1 Å². The van der Waals surface area contributed by atoms with Crippen molar-refractivity contribution in [3.05, 3.63) is 52.7 Å². The molecule has 1 aromatic carbocycles. The highest BCUT2D eigenvalue weighted by Gasteiger charge is 2.40. The number of hydrogen-bond acceptors (Lipinski definition) is 4. The summed E-state index contributed by atoms with van der Waals surface area (Å²) in [6, 6.07) is 6.19. The predicted molar refractivity (Wildman–Crippen MR) is 92.3 cm³/mol. The summed E-state index contributed by atoms with van der Waals surface area (Å²) in [4.78, 5) is 16.8. The maximum Gasteiger partial charge on any atom is 0.244 e. The van der Waals surface area contributed by atoms with Gasteiger partial charge in [-0.3, -0.25) is 4.79 Å². The molecule has 5 heteroatoms. The SMILES string of the molecule is Cc1ccc(/C=C/C(=O)NC2(c3noc(C)n3)CCCC2)c(C)c1. The van der Waals surface area contributed by atoms with Crippen LogP contribution in [0.5, 0.6) is 0 Å². The lowest BCUT2D eigenvalue weighted by atomic mass is 9.96. The molecule has 5 nitrogen and oxygen atoms in total. The van der Waals surface area contributed by atoms with Gasteiger partial charge >= 0.3 is 0 Å². The summed E-state index contributed by atoms with van der Waals surface area (Å²) in [6.45, 7) is 5.87. The Bertz CT molecular complexity index is 771. The number of amides is 1. The van der Waals surface area contributed by atoms with E-state index < -0.39 is 5.54 Å².